The highest BCUT2D eigenvalue weighted by Crippen LogP contribution is 2.23. The first-order chi connectivity index (χ1) is 9.07. The Balaban J connectivity index is 2.25. The lowest BCUT2D eigenvalue weighted by atomic mass is 10.1. The van der Waals surface area contributed by atoms with Gasteiger partial charge in [0, 0.05) is 11.6 Å². The molecule has 0 radical (unpaired) electrons. The molecule has 0 aliphatic heterocycles. The Kier molecular flexibility index (Phi) is 3.66. The molecule has 1 aromatic heterocycles. The molecule has 0 spiro atoms. The predicted octanol–water partition coefficient (Wildman–Crippen LogP) is 1.68. The number of carboxylic acid groups (broad SMARTS) is 1. The lowest BCUT2D eigenvalue weighted by Crippen LogP contribution is -2.52. The molecule has 100 valence electrons. The quantitative estimate of drug-likeness (QED) is 0.855. The molecule has 0 bridgehead atoms. The highest BCUT2D eigenvalue weighted by Gasteiger charge is 2.32. The van der Waals surface area contributed by atoms with Crippen LogP contribution in [0.4, 0.5) is 0 Å². The number of aliphatic carboxylic acids is 1. The van der Waals surface area contributed by atoms with Gasteiger partial charge in [-0.3, -0.25) is 9.78 Å². The number of likely N-dealkylation sites (N-methyl/N-ethyl adjacent to an activating group) is 1. The molecule has 0 fully saturated rings. The monoisotopic (exact) mass is 260 g/mol. The lowest BCUT2D eigenvalue weighted by molar-refractivity contribution is -0.145. The Morgan fingerprint density at radius 2 is 2.16 bits per heavy atom. The second kappa shape index (κ2) is 5.24. The van der Waals surface area contributed by atoms with Crippen LogP contribution in [-0.4, -0.2) is 35.3 Å². The van der Waals surface area contributed by atoms with Gasteiger partial charge in [0.05, 0.1) is 0 Å². The zero-order valence-corrected chi connectivity index (χ0v) is 10.9. The Morgan fingerprint density at radius 1 is 1.42 bits per heavy atom. The van der Waals surface area contributed by atoms with Gasteiger partial charge in [-0.2, -0.15) is 0 Å². The maximum Gasteiger partial charge on any atom is 0.327 e. The fourth-order valence-corrected chi connectivity index (χ4v) is 1.66. The van der Waals surface area contributed by atoms with Crippen LogP contribution in [0.15, 0.2) is 36.5 Å². The molecule has 0 aliphatic carbocycles. The van der Waals surface area contributed by atoms with Gasteiger partial charge in [0.2, 0.25) is 0 Å². The van der Waals surface area contributed by atoms with Crippen LogP contribution in [0.5, 0.6) is 5.75 Å². The third-order valence-corrected chi connectivity index (χ3v) is 3.14. The van der Waals surface area contributed by atoms with Crippen molar-refractivity contribution in [2.45, 2.75) is 12.5 Å². The van der Waals surface area contributed by atoms with Gasteiger partial charge >= 0.3 is 5.97 Å². The Hall–Kier alpha value is -2.14. The summed E-state index contributed by atoms with van der Waals surface area (Å²) in [6.07, 6.45) is 1.68. The van der Waals surface area contributed by atoms with E-state index in [4.69, 9.17) is 9.84 Å². The van der Waals surface area contributed by atoms with Gasteiger partial charge in [-0.15, -0.1) is 0 Å². The third-order valence-electron chi connectivity index (χ3n) is 3.14. The topological polar surface area (TPSA) is 71.5 Å². The molecule has 0 saturated carbocycles. The summed E-state index contributed by atoms with van der Waals surface area (Å²) in [4.78, 5) is 15.4. The van der Waals surface area contributed by atoms with Crippen molar-refractivity contribution in [3.05, 3.63) is 36.5 Å². The van der Waals surface area contributed by atoms with Crippen LogP contribution in [0.3, 0.4) is 0 Å². The van der Waals surface area contributed by atoms with Crippen LogP contribution in [0, 0.1) is 0 Å². The van der Waals surface area contributed by atoms with Crippen molar-refractivity contribution in [1.29, 1.82) is 0 Å². The van der Waals surface area contributed by atoms with E-state index in [2.05, 4.69) is 10.3 Å². The normalized spacial score (nSPS) is 14.0. The summed E-state index contributed by atoms with van der Waals surface area (Å²) in [6.45, 7) is 1.60. The first kappa shape index (κ1) is 13.3. The maximum absolute atomic E-state index is 11.2. The molecule has 0 saturated heterocycles. The SMILES string of the molecule is CNC(C)(COc1cccc2cccnc12)C(=O)O. The van der Waals surface area contributed by atoms with Crippen molar-refractivity contribution >= 4 is 16.9 Å². The number of benzene rings is 1. The molecule has 5 heteroatoms. The first-order valence-electron chi connectivity index (χ1n) is 5.96. The fraction of sp³-hybridized carbons (Fsp3) is 0.286. The third kappa shape index (κ3) is 2.66. The summed E-state index contributed by atoms with van der Waals surface area (Å²) in [7, 11) is 1.60. The van der Waals surface area contributed by atoms with Gasteiger partial charge in [-0.25, -0.2) is 0 Å². The number of nitrogens with one attached hydrogen (secondary N) is 1. The molecule has 2 rings (SSSR count). The van der Waals surface area contributed by atoms with Gasteiger partial charge in [-0.05, 0) is 26.1 Å². The van der Waals surface area contributed by atoms with Crippen LogP contribution < -0.4 is 10.1 Å². The zero-order chi connectivity index (χ0) is 13.9. The molecule has 1 unspecified atom stereocenters. The predicted molar refractivity (Wildman–Crippen MR) is 72.3 cm³/mol. The summed E-state index contributed by atoms with van der Waals surface area (Å²) < 4.78 is 5.63. The summed E-state index contributed by atoms with van der Waals surface area (Å²) >= 11 is 0. The number of aromatic nitrogens is 1. The molecule has 1 atom stereocenters. The van der Waals surface area contributed by atoms with E-state index < -0.39 is 11.5 Å². The molecular formula is C14H16N2O3. The second-order valence-corrected chi connectivity index (χ2v) is 4.51. The lowest BCUT2D eigenvalue weighted by Gasteiger charge is -2.24. The Labute approximate surface area is 111 Å². The largest absolute Gasteiger partial charge is 0.489 e. The molecule has 0 aliphatic rings. The van der Waals surface area contributed by atoms with E-state index in [-0.39, 0.29) is 6.61 Å². The van der Waals surface area contributed by atoms with Crippen LogP contribution in [0.1, 0.15) is 6.92 Å². The molecular weight excluding hydrogens is 244 g/mol. The molecule has 0 amide bonds. The number of para-hydroxylation sites is 1. The fourth-order valence-electron chi connectivity index (χ4n) is 1.66. The number of carbonyl (C=O) groups is 1. The number of carboxylic acids is 1. The van der Waals surface area contributed by atoms with Gasteiger partial charge in [0.1, 0.15) is 23.4 Å². The van der Waals surface area contributed by atoms with E-state index in [0.717, 1.165) is 10.9 Å². The van der Waals surface area contributed by atoms with Gasteiger partial charge in [0.25, 0.3) is 0 Å². The van der Waals surface area contributed by atoms with E-state index in [9.17, 15) is 4.79 Å². The van der Waals surface area contributed by atoms with E-state index in [0.29, 0.717) is 5.75 Å². The average molecular weight is 260 g/mol. The zero-order valence-electron chi connectivity index (χ0n) is 10.9. The van der Waals surface area contributed by atoms with Crippen molar-refractivity contribution < 1.29 is 14.6 Å². The molecule has 5 nitrogen and oxygen atoms in total. The summed E-state index contributed by atoms with van der Waals surface area (Å²) in [5.74, 6) is -0.371. The minimum atomic E-state index is -1.13. The minimum Gasteiger partial charge on any atom is -0.489 e. The summed E-state index contributed by atoms with van der Waals surface area (Å²) in [5.41, 5.74) is -0.398. The second-order valence-electron chi connectivity index (χ2n) is 4.51. The first-order valence-corrected chi connectivity index (χ1v) is 5.96. The van der Waals surface area contributed by atoms with Crippen molar-refractivity contribution in [3.8, 4) is 5.75 Å². The average Bonchev–Trinajstić information content (AvgIpc) is 2.44. The number of fused-ring (bicyclic) bond motifs is 1. The van der Waals surface area contributed by atoms with Gasteiger partial charge < -0.3 is 15.2 Å². The molecule has 2 aromatic rings. The number of pyridine rings is 1. The standard InChI is InChI=1S/C14H16N2O3/c1-14(15-2,13(17)18)9-19-11-7-3-5-10-6-4-8-16-12(10)11/h3-8,15H,9H2,1-2H3,(H,17,18). The highest BCUT2D eigenvalue weighted by atomic mass is 16.5. The summed E-state index contributed by atoms with van der Waals surface area (Å²) in [6, 6.07) is 9.36. The molecule has 1 heterocycles. The Bertz CT molecular complexity index is 595. The van der Waals surface area contributed by atoms with E-state index in [1.807, 2.05) is 24.3 Å². The molecule has 2 N–H and O–H groups in total. The van der Waals surface area contributed by atoms with E-state index >= 15 is 0 Å². The van der Waals surface area contributed by atoms with Crippen molar-refractivity contribution in [2.75, 3.05) is 13.7 Å². The van der Waals surface area contributed by atoms with Gasteiger partial charge in [-0.1, -0.05) is 18.2 Å². The molecule has 1 aromatic carbocycles. The number of nitrogens with zero attached hydrogens (tertiary/aromatic N) is 1. The number of ether oxygens (including phenoxy) is 1. The van der Waals surface area contributed by atoms with Crippen molar-refractivity contribution in [2.24, 2.45) is 0 Å². The van der Waals surface area contributed by atoms with Crippen LogP contribution in [0.2, 0.25) is 0 Å². The van der Waals surface area contributed by atoms with Crippen molar-refractivity contribution in [1.82, 2.24) is 10.3 Å². The van der Waals surface area contributed by atoms with E-state index in [1.54, 1.807) is 26.2 Å². The molecule has 19 heavy (non-hydrogen) atoms. The maximum atomic E-state index is 11.2. The highest BCUT2D eigenvalue weighted by molar-refractivity contribution is 5.84. The van der Waals surface area contributed by atoms with E-state index in [1.165, 1.54) is 0 Å². The number of rotatable bonds is 5. The van der Waals surface area contributed by atoms with Gasteiger partial charge in [0.15, 0.2) is 0 Å². The van der Waals surface area contributed by atoms with Crippen LogP contribution in [0.25, 0.3) is 10.9 Å². The minimum absolute atomic E-state index is 0.0223. The van der Waals surface area contributed by atoms with Crippen molar-refractivity contribution in [3.63, 3.8) is 0 Å². The Morgan fingerprint density at radius 3 is 2.84 bits per heavy atom. The summed E-state index contributed by atoms with van der Waals surface area (Å²) in [5, 5.41) is 12.9. The van der Waals surface area contributed by atoms with Crippen LogP contribution >= 0.6 is 0 Å². The van der Waals surface area contributed by atoms with Crippen LogP contribution in [-0.2, 0) is 4.79 Å². The number of hydrogen-bond donors (Lipinski definition) is 2. The smallest absolute Gasteiger partial charge is 0.327 e. The number of hydrogen-bond acceptors (Lipinski definition) is 4.